The lowest BCUT2D eigenvalue weighted by Crippen LogP contribution is -2.26. The first kappa shape index (κ1) is 13.9. The van der Waals surface area contributed by atoms with Crippen LogP contribution in [0.3, 0.4) is 0 Å². The Morgan fingerprint density at radius 2 is 2.29 bits per heavy atom. The number of aromatic nitrogens is 2. The number of amides is 1. The van der Waals surface area contributed by atoms with Crippen molar-refractivity contribution in [2.45, 2.75) is 31.7 Å². The summed E-state index contributed by atoms with van der Waals surface area (Å²) < 4.78 is 42.6. The van der Waals surface area contributed by atoms with E-state index >= 15 is 0 Å². The highest BCUT2D eigenvalue weighted by molar-refractivity contribution is 5.80. The second-order valence-corrected chi connectivity index (χ2v) is 7.28. The number of furan rings is 1. The first-order valence-corrected chi connectivity index (χ1v) is 9.21. The van der Waals surface area contributed by atoms with Crippen LogP contribution in [0.4, 0.5) is 4.39 Å². The van der Waals surface area contributed by atoms with Crippen molar-refractivity contribution >= 4 is 27.9 Å². The Morgan fingerprint density at radius 1 is 1.39 bits per heavy atom. The molecule has 2 aromatic carbocycles. The van der Waals surface area contributed by atoms with E-state index in [1.54, 1.807) is 0 Å². The van der Waals surface area contributed by atoms with Crippen LogP contribution in [0.1, 0.15) is 47.4 Å². The second-order valence-electron chi connectivity index (χ2n) is 7.28. The highest BCUT2D eigenvalue weighted by Crippen LogP contribution is 2.48. The minimum absolute atomic E-state index is 0.0820. The molecule has 1 fully saturated rings. The van der Waals surface area contributed by atoms with E-state index < -0.39 is 18.7 Å². The Morgan fingerprint density at radius 3 is 3.14 bits per heavy atom. The van der Waals surface area contributed by atoms with Crippen LogP contribution in [0.15, 0.2) is 52.9 Å². The third kappa shape index (κ3) is 3.15. The summed E-state index contributed by atoms with van der Waals surface area (Å²) in [7, 11) is 0. The zero-order valence-electron chi connectivity index (χ0n) is 17.9. The number of hydrogen-bond donors (Lipinski definition) is 2. The largest absolute Gasteiger partial charge is 0.459 e. The maximum atomic E-state index is 13.5. The van der Waals surface area contributed by atoms with Gasteiger partial charge in [-0.1, -0.05) is 12.1 Å². The number of imidazole rings is 1. The molecule has 142 valence electrons. The second kappa shape index (κ2) is 6.48. The molecule has 1 aliphatic carbocycles. The summed E-state index contributed by atoms with van der Waals surface area (Å²) in [5, 5.41) is 3.05. The average Bonchev–Trinajstić information content (AvgIpc) is 3.15. The standard InChI is InChI=1S/C22H20FN3O2/c1-12(20-10-14-8-15(23)6-7-19(14)28-20)24-21(27)11-13-9-16(13)22-25-17-4-2-3-5-18(17)26-22/h2-8,10,12-13,16H,9,11H2,1H3,(H,24,27)(H,25,26)/t12-,13+,16+/m1/s1/i1D3. The van der Waals surface area contributed by atoms with Gasteiger partial charge < -0.3 is 14.7 Å². The Bertz CT molecular complexity index is 1250. The zero-order valence-corrected chi connectivity index (χ0v) is 14.9. The number of rotatable bonds is 5. The van der Waals surface area contributed by atoms with E-state index in [9.17, 15) is 9.18 Å². The van der Waals surface area contributed by atoms with Gasteiger partial charge in [-0.05, 0) is 55.6 Å². The molecule has 0 saturated heterocycles. The maximum absolute atomic E-state index is 13.5. The molecular formula is C22H20FN3O2. The molecule has 2 heterocycles. The molecule has 0 bridgehead atoms. The minimum Gasteiger partial charge on any atom is -0.459 e. The van der Waals surface area contributed by atoms with Crippen molar-refractivity contribution in [3.8, 4) is 0 Å². The van der Waals surface area contributed by atoms with Gasteiger partial charge in [-0.15, -0.1) is 0 Å². The monoisotopic (exact) mass is 380 g/mol. The van der Waals surface area contributed by atoms with E-state index in [-0.39, 0.29) is 29.9 Å². The van der Waals surface area contributed by atoms with Gasteiger partial charge in [0, 0.05) is 21.8 Å². The van der Waals surface area contributed by atoms with Crippen molar-refractivity contribution < 1.29 is 17.7 Å². The topological polar surface area (TPSA) is 70.9 Å². The molecule has 3 atom stereocenters. The van der Waals surface area contributed by atoms with Crippen molar-refractivity contribution in [3.63, 3.8) is 0 Å². The van der Waals surface area contributed by atoms with E-state index in [4.69, 9.17) is 8.53 Å². The summed E-state index contributed by atoms with van der Waals surface area (Å²) >= 11 is 0. The molecule has 5 rings (SSSR count). The number of carbonyl (C=O) groups excluding carboxylic acids is 1. The van der Waals surface area contributed by atoms with Gasteiger partial charge in [0.2, 0.25) is 5.91 Å². The number of nitrogens with one attached hydrogen (secondary N) is 2. The third-order valence-electron chi connectivity index (χ3n) is 5.22. The number of para-hydroxylation sites is 2. The zero-order chi connectivity index (χ0) is 21.8. The van der Waals surface area contributed by atoms with Crippen LogP contribution in [0.2, 0.25) is 0 Å². The number of aromatic amines is 1. The van der Waals surface area contributed by atoms with Gasteiger partial charge in [-0.25, -0.2) is 9.37 Å². The molecule has 5 nitrogen and oxygen atoms in total. The average molecular weight is 380 g/mol. The van der Waals surface area contributed by atoms with Crippen LogP contribution in [0.5, 0.6) is 0 Å². The molecule has 4 aromatic rings. The lowest BCUT2D eigenvalue weighted by atomic mass is 10.2. The summed E-state index contributed by atoms with van der Waals surface area (Å²) in [5.74, 6) is 0.376. The number of hydrogen-bond acceptors (Lipinski definition) is 3. The summed E-state index contributed by atoms with van der Waals surface area (Å²) in [6.45, 7) is -2.51. The third-order valence-corrected chi connectivity index (χ3v) is 5.22. The number of H-pyrrole nitrogens is 1. The fourth-order valence-corrected chi connectivity index (χ4v) is 3.66. The van der Waals surface area contributed by atoms with Gasteiger partial charge in [0.05, 0.1) is 17.1 Å². The Hall–Kier alpha value is -3.15. The predicted octanol–water partition coefficient (Wildman–Crippen LogP) is 4.82. The first-order valence-electron chi connectivity index (χ1n) is 10.7. The van der Waals surface area contributed by atoms with Gasteiger partial charge >= 0.3 is 0 Å². The number of carbonyl (C=O) groups is 1. The number of nitrogens with zero attached hydrogens (tertiary/aromatic N) is 1. The van der Waals surface area contributed by atoms with Crippen molar-refractivity contribution in [1.82, 2.24) is 15.3 Å². The smallest absolute Gasteiger partial charge is 0.220 e. The molecule has 28 heavy (non-hydrogen) atoms. The fraction of sp³-hybridized carbons (Fsp3) is 0.273. The Kier molecular flexibility index (Phi) is 3.22. The summed E-state index contributed by atoms with van der Waals surface area (Å²) in [6.07, 6.45) is 1.01. The van der Waals surface area contributed by atoms with Crippen molar-refractivity contribution in [2.24, 2.45) is 5.92 Å². The normalized spacial score (nSPS) is 21.8. The number of halogens is 1. The van der Waals surface area contributed by atoms with E-state index in [0.717, 1.165) is 23.3 Å². The molecule has 0 unspecified atom stereocenters. The molecule has 0 radical (unpaired) electrons. The van der Waals surface area contributed by atoms with Crippen LogP contribution in [0, 0.1) is 11.7 Å². The van der Waals surface area contributed by atoms with Crippen LogP contribution in [-0.4, -0.2) is 15.9 Å². The van der Waals surface area contributed by atoms with Gasteiger partial charge in [-0.2, -0.15) is 0 Å². The molecule has 0 aliphatic heterocycles. The highest BCUT2D eigenvalue weighted by atomic mass is 19.1. The van der Waals surface area contributed by atoms with Gasteiger partial charge in [-0.3, -0.25) is 4.79 Å². The SMILES string of the molecule is [2H]C([2H])([2H])[C@@H](NC(=O)C[C@@H]1C[C@@H]1c1nc2ccccc2[nH]1)c1cc2cc(F)ccc2o1. The summed E-state index contributed by atoms with van der Waals surface area (Å²) in [5.41, 5.74) is 2.21. The molecular weight excluding hydrogens is 357 g/mol. The Labute approximate surface area is 165 Å². The van der Waals surface area contributed by atoms with Gasteiger partial charge in [0.15, 0.2) is 0 Å². The molecule has 1 saturated carbocycles. The number of fused-ring (bicyclic) bond motifs is 2. The lowest BCUT2D eigenvalue weighted by Gasteiger charge is -2.11. The first-order chi connectivity index (χ1) is 14.8. The molecule has 6 heteroatoms. The van der Waals surface area contributed by atoms with Crippen LogP contribution in [-0.2, 0) is 4.79 Å². The Balaban J connectivity index is 1.29. The van der Waals surface area contributed by atoms with Gasteiger partial charge in [0.25, 0.3) is 0 Å². The minimum atomic E-state index is -2.51. The van der Waals surface area contributed by atoms with E-state index in [0.29, 0.717) is 11.0 Å². The fourth-order valence-electron chi connectivity index (χ4n) is 3.66. The maximum Gasteiger partial charge on any atom is 0.220 e. The van der Waals surface area contributed by atoms with Crippen molar-refractivity contribution in [2.75, 3.05) is 0 Å². The van der Waals surface area contributed by atoms with Crippen LogP contribution >= 0.6 is 0 Å². The quantitative estimate of drug-likeness (QED) is 0.521. The van der Waals surface area contributed by atoms with Crippen molar-refractivity contribution in [3.05, 3.63) is 65.9 Å². The summed E-state index contributed by atoms with van der Waals surface area (Å²) in [6, 6.07) is 11.8. The molecule has 0 spiro atoms. The molecule has 2 aromatic heterocycles. The molecule has 1 aliphatic rings. The predicted molar refractivity (Wildman–Crippen MR) is 104 cm³/mol. The molecule has 2 N–H and O–H groups in total. The van der Waals surface area contributed by atoms with E-state index in [1.165, 1.54) is 24.3 Å². The van der Waals surface area contributed by atoms with Crippen LogP contribution in [0.25, 0.3) is 22.0 Å². The lowest BCUT2D eigenvalue weighted by molar-refractivity contribution is -0.122. The van der Waals surface area contributed by atoms with Gasteiger partial charge in [0.1, 0.15) is 23.0 Å². The highest BCUT2D eigenvalue weighted by Gasteiger charge is 2.41. The molecule has 1 amide bonds. The van der Waals surface area contributed by atoms with Crippen molar-refractivity contribution in [1.29, 1.82) is 0 Å². The summed E-state index contributed by atoms with van der Waals surface area (Å²) in [4.78, 5) is 20.5. The van der Waals surface area contributed by atoms with E-state index in [1.807, 2.05) is 24.3 Å². The van der Waals surface area contributed by atoms with Crippen LogP contribution < -0.4 is 5.32 Å². The van der Waals surface area contributed by atoms with E-state index in [2.05, 4.69) is 15.3 Å². The number of benzene rings is 2.